The summed E-state index contributed by atoms with van der Waals surface area (Å²) in [6.07, 6.45) is 1.06. The second kappa shape index (κ2) is 15.5. The summed E-state index contributed by atoms with van der Waals surface area (Å²) in [5.74, 6) is -0.545. The molecule has 0 aliphatic rings. The van der Waals surface area contributed by atoms with E-state index in [4.69, 9.17) is 9.47 Å². The maximum absolute atomic E-state index is 12.6. The number of hydrogen-bond acceptors (Lipinski definition) is 7. The predicted molar refractivity (Wildman–Crippen MR) is 174 cm³/mol. The van der Waals surface area contributed by atoms with Crippen LogP contribution >= 0.6 is 11.3 Å². The first kappa shape index (κ1) is 30.5. The van der Waals surface area contributed by atoms with Gasteiger partial charge in [0.15, 0.2) is 5.75 Å². The zero-order valence-electron chi connectivity index (χ0n) is 24.1. The Morgan fingerprint density at radius 1 is 0.795 bits per heavy atom. The van der Waals surface area contributed by atoms with E-state index >= 15 is 0 Å². The normalized spacial score (nSPS) is 12.2. The molecule has 3 N–H and O–H groups in total. The molecular formula is C36H34N2O5S. The molecule has 2 atom stereocenters. The number of carbonyl (C=O) groups is 2. The Balaban J connectivity index is 1.12. The lowest BCUT2D eigenvalue weighted by Gasteiger charge is -2.19. The first-order valence-corrected chi connectivity index (χ1v) is 15.3. The Hall–Kier alpha value is -4.92. The molecule has 44 heavy (non-hydrogen) atoms. The van der Waals surface area contributed by atoms with Crippen molar-refractivity contribution in [3.63, 3.8) is 0 Å². The van der Waals surface area contributed by atoms with Crippen molar-refractivity contribution in [2.45, 2.75) is 24.9 Å². The van der Waals surface area contributed by atoms with E-state index in [0.717, 1.165) is 24.3 Å². The number of anilines is 1. The lowest BCUT2D eigenvalue weighted by atomic mass is 10.1. The average molecular weight is 607 g/mol. The summed E-state index contributed by atoms with van der Waals surface area (Å²) in [6.45, 7) is 1.35. The summed E-state index contributed by atoms with van der Waals surface area (Å²) in [6, 6.07) is 36.8. The van der Waals surface area contributed by atoms with Gasteiger partial charge >= 0.3 is 11.9 Å². The second-order valence-electron chi connectivity index (χ2n) is 10.2. The first-order chi connectivity index (χ1) is 21.6. The van der Waals surface area contributed by atoms with E-state index in [0.29, 0.717) is 17.9 Å². The number of esters is 1. The van der Waals surface area contributed by atoms with Crippen molar-refractivity contribution >= 4 is 29.0 Å². The number of nitrogens with one attached hydrogen (secondary N) is 2. The van der Waals surface area contributed by atoms with Gasteiger partial charge in [0, 0.05) is 11.3 Å². The SMILES string of the molecule is O=C(Oc1ccccc1NC(Cc1ccc(OCCCNC(c2ccccc2)c2cccs2)cc1)C(=O)O)c1ccccc1. The molecule has 0 bridgehead atoms. The molecule has 0 aliphatic heterocycles. The van der Waals surface area contributed by atoms with Crippen LogP contribution in [0, 0.1) is 0 Å². The monoisotopic (exact) mass is 606 g/mol. The summed E-state index contributed by atoms with van der Waals surface area (Å²) in [7, 11) is 0. The van der Waals surface area contributed by atoms with Crippen molar-refractivity contribution in [2.24, 2.45) is 0 Å². The third-order valence-electron chi connectivity index (χ3n) is 6.99. The van der Waals surface area contributed by atoms with Crippen LogP contribution in [0.2, 0.25) is 0 Å². The minimum atomic E-state index is -1.02. The van der Waals surface area contributed by atoms with Gasteiger partial charge in [-0.1, -0.05) is 78.9 Å². The Morgan fingerprint density at radius 2 is 1.50 bits per heavy atom. The molecule has 0 fully saturated rings. The van der Waals surface area contributed by atoms with E-state index in [1.54, 1.807) is 59.9 Å². The summed E-state index contributed by atoms with van der Waals surface area (Å²) >= 11 is 1.74. The number of carboxylic acid groups (broad SMARTS) is 1. The molecule has 0 spiro atoms. The van der Waals surface area contributed by atoms with Crippen molar-refractivity contribution in [1.29, 1.82) is 0 Å². The lowest BCUT2D eigenvalue weighted by Crippen LogP contribution is -2.31. The average Bonchev–Trinajstić information content (AvgIpc) is 3.59. The van der Waals surface area contributed by atoms with E-state index in [9.17, 15) is 14.7 Å². The van der Waals surface area contributed by atoms with Gasteiger partial charge in [-0.25, -0.2) is 9.59 Å². The van der Waals surface area contributed by atoms with Gasteiger partial charge in [0.1, 0.15) is 11.8 Å². The zero-order valence-corrected chi connectivity index (χ0v) is 24.9. The molecule has 5 aromatic rings. The molecule has 5 rings (SSSR count). The number of para-hydroxylation sites is 2. The molecule has 0 amide bonds. The molecule has 1 aromatic heterocycles. The molecule has 0 radical (unpaired) electrons. The number of ether oxygens (including phenoxy) is 2. The van der Waals surface area contributed by atoms with Crippen LogP contribution < -0.4 is 20.1 Å². The van der Waals surface area contributed by atoms with Crippen LogP contribution in [0.5, 0.6) is 11.5 Å². The van der Waals surface area contributed by atoms with E-state index in [1.165, 1.54) is 10.4 Å². The van der Waals surface area contributed by atoms with Crippen LogP contribution in [0.4, 0.5) is 5.69 Å². The van der Waals surface area contributed by atoms with Crippen molar-refractivity contribution in [2.75, 3.05) is 18.5 Å². The van der Waals surface area contributed by atoms with Crippen LogP contribution in [0.3, 0.4) is 0 Å². The largest absolute Gasteiger partial charge is 0.494 e. The number of rotatable bonds is 15. The van der Waals surface area contributed by atoms with Gasteiger partial charge in [-0.2, -0.15) is 0 Å². The summed E-state index contributed by atoms with van der Waals surface area (Å²) in [5.41, 5.74) is 2.90. The highest BCUT2D eigenvalue weighted by Crippen LogP contribution is 2.27. The third-order valence-corrected chi connectivity index (χ3v) is 7.93. The van der Waals surface area contributed by atoms with Crippen molar-refractivity contribution in [3.05, 3.63) is 148 Å². The van der Waals surface area contributed by atoms with Gasteiger partial charge in [0.25, 0.3) is 0 Å². The predicted octanol–water partition coefficient (Wildman–Crippen LogP) is 7.22. The Labute approximate surface area is 261 Å². The number of carboxylic acids is 1. The maximum Gasteiger partial charge on any atom is 0.343 e. The highest BCUT2D eigenvalue weighted by molar-refractivity contribution is 7.10. The fraction of sp³-hybridized carbons (Fsp3) is 0.167. The van der Waals surface area contributed by atoms with Crippen LogP contribution in [-0.2, 0) is 11.2 Å². The molecule has 224 valence electrons. The topological polar surface area (TPSA) is 96.9 Å². The van der Waals surface area contributed by atoms with Gasteiger partial charge in [-0.05, 0) is 71.9 Å². The highest BCUT2D eigenvalue weighted by atomic mass is 32.1. The summed E-state index contributed by atoms with van der Waals surface area (Å²) in [4.78, 5) is 26.0. The fourth-order valence-electron chi connectivity index (χ4n) is 4.75. The summed E-state index contributed by atoms with van der Waals surface area (Å²) in [5, 5.41) is 18.7. The van der Waals surface area contributed by atoms with Crippen molar-refractivity contribution < 1.29 is 24.2 Å². The number of hydrogen-bond donors (Lipinski definition) is 3. The quantitative estimate of drug-likeness (QED) is 0.0658. The maximum atomic E-state index is 12.6. The first-order valence-electron chi connectivity index (χ1n) is 14.5. The van der Waals surface area contributed by atoms with E-state index < -0.39 is 18.0 Å². The van der Waals surface area contributed by atoms with Gasteiger partial charge in [-0.15, -0.1) is 11.3 Å². The molecule has 4 aromatic carbocycles. The molecule has 8 heteroatoms. The van der Waals surface area contributed by atoms with Crippen molar-refractivity contribution in [1.82, 2.24) is 5.32 Å². The van der Waals surface area contributed by atoms with Crippen LogP contribution in [0.1, 0.15) is 38.8 Å². The van der Waals surface area contributed by atoms with Gasteiger partial charge in [0.2, 0.25) is 0 Å². The smallest absolute Gasteiger partial charge is 0.343 e. The molecule has 0 saturated carbocycles. The zero-order chi connectivity index (χ0) is 30.6. The van der Waals surface area contributed by atoms with Crippen LogP contribution in [0.25, 0.3) is 0 Å². The lowest BCUT2D eigenvalue weighted by molar-refractivity contribution is -0.137. The molecule has 2 unspecified atom stereocenters. The van der Waals surface area contributed by atoms with E-state index in [-0.39, 0.29) is 18.2 Å². The van der Waals surface area contributed by atoms with E-state index in [1.807, 2.05) is 36.4 Å². The van der Waals surface area contributed by atoms with Crippen LogP contribution in [0.15, 0.2) is 127 Å². The van der Waals surface area contributed by atoms with Crippen LogP contribution in [-0.4, -0.2) is 36.2 Å². The number of thiophene rings is 1. The highest BCUT2D eigenvalue weighted by Gasteiger charge is 2.21. The minimum Gasteiger partial charge on any atom is -0.494 e. The molecule has 0 saturated heterocycles. The van der Waals surface area contributed by atoms with E-state index in [2.05, 4.69) is 52.4 Å². The van der Waals surface area contributed by atoms with Gasteiger partial charge in [-0.3, -0.25) is 0 Å². The standard InChI is InChI=1S/C36H34N2O5S/c39-35(40)31(38-30-15-7-8-16-32(30)43-36(41)28-13-5-2-6-14-28)25-26-18-20-29(21-19-26)42-23-10-22-37-34(33-17-9-24-44-33)27-11-3-1-4-12-27/h1-9,11-21,24,31,34,37-38H,10,22-23,25H2,(H,39,40). The molecule has 7 nitrogen and oxygen atoms in total. The Morgan fingerprint density at radius 3 is 2.20 bits per heavy atom. The number of aliphatic carboxylic acids is 1. The minimum absolute atomic E-state index is 0.147. The van der Waals surface area contributed by atoms with Crippen molar-refractivity contribution in [3.8, 4) is 11.5 Å². The second-order valence-corrected chi connectivity index (χ2v) is 11.1. The molecular weight excluding hydrogens is 572 g/mol. The van der Waals surface area contributed by atoms with Gasteiger partial charge in [0.05, 0.1) is 23.9 Å². The number of benzene rings is 4. The Kier molecular flexibility index (Phi) is 10.8. The third kappa shape index (κ3) is 8.56. The number of carbonyl (C=O) groups excluding carboxylic acids is 1. The van der Waals surface area contributed by atoms with Gasteiger partial charge < -0.3 is 25.2 Å². The summed E-state index contributed by atoms with van der Waals surface area (Å²) < 4.78 is 11.5. The molecule has 1 heterocycles. The fourth-order valence-corrected chi connectivity index (χ4v) is 5.57. The molecule has 0 aliphatic carbocycles. The Bertz CT molecular complexity index is 1610.